The van der Waals surface area contributed by atoms with Gasteiger partial charge in [-0.2, -0.15) is 13.2 Å². The van der Waals surface area contributed by atoms with Crippen molar-refractivity contribution in [1.29, 1.82) is 0 Å². The minimum atomic E-state index is -4.54. The van der Waals surface area contributed by atoms with Gasteiger partial charge < -0.3 is 10.1 Å². The third-order valence-corrected chi connectivity index (χ3v) is 3.39. The molecule has 2 aromatic carbocycles. The van der Waals surface area contributed by atoms with E-state index in [0.29, 0.717) is 12.2 Å². The number of halogens is 3. The minimum Gasteiger partial charge on any atom is -0.496 e. The lowest BCUT2D eigenvalue weighted by atomic mass is 10.1. The average molecular weight is 335 g/mol. The van der Waals surface area contributed by atoms with Crippen LogP contribution in [-0.2, 0) is 12.6 Å². The summed E-state index contributed by atoms with van der Waals surface area (Å²) in [7, 11) is 1.50. The zero-order valence-corrected chi connectivity index (χ0v) is 13.0. The number of methoxy groups -OCH3 is 1. The van der Waals surface area contributed by atoms with Crippen LogP contribution < -0.4 is 10.1 Å². The fourth-order valence-corrected chi connectivity index (χ4v) is 2.27. The Morgan fingerprint density at radius 1 is 1.25 bits per heavy atom. The highest BCUT2D eigenvalue weighted by Crippen LogP contribution is 2.34. The van der Waals surface area contributed by atoms with Crippen LogP contribution in [0.5, 0.6) is 5.75 Å². The molecule has 3 nitrogen and oxygen atoms in total. The van der Waals surface area contributed by atoms with E-state index in [1.54, 1.807) is 18.2 Å². The number of carbonyl (C=O) groups is 1. The molecule has 0 atom stereocenters. The van der Waals surface area contributed by atoms with Crippen molar-refractivity contribution in [3.8, 4) is 5.75 Å². The van der Waals surface area contributed by atoms with Crippen molar-refractivity contribution >= 4 is 11.6 Å². The number of para-hydroxylation sites is 1. The largest absolute Gasteiger partial charge is 0.496 e. The zero-order valence-electron chi connectivity index (χ0n) is 13.0. The summed E-state index contributed by atoms with van der Waals surface area (Å²) in [5.41, 5.74) is -0.205. The van der Waals surface area contributed by atoms with Gasteiger partial charge in [0.25, 0.3) is 5.91 Å². The van der Waals surface area contributed by atoms with Crippen LogP contribution in [0.4, 0.5) is 18.9 Å². The summed E-state index contributed by atoms with van der Waals surface area (Å²) in [5, 5.41) is 2.31. The molecule has 2 rings (SSSR count). The normalized spacial score (nSPS) is 11.0. The van der Waals surface area contributed by atoms with Gasteiger partial charge in [0.05, 0.1) is 18.4 Å². The van der Waals surface area contributed by atoms with Gasteiger partial charge in [0, 0.05) is 5.56 Å². The highest BCUT2D eigenvalue weighted by molar-refractivity contribution is 6.05. The van der Waals surface area contributed by atoms with Gasteiger partial charge >= 0.3 is 6.18 Å². The van der Waals surface area contributed by atoms with E-state index >= 15 is 0 Å². The molecule has 0 saturated carbocycles. The molecular weight excluding hydrogens is 319 g/mol. The molecule has 0 aromatic heterocycles. The van der Waals surface area contributed by atoms with Crippen molar-refractivity contribution < 1.29 is 22.7 Å². The standard InChI is InChI=1S/C18H16F3NO2/c1-3-6-12-11-13(9-10-16(12)24-2)17(23)22-15-8-5-4-7-14(15)18(19,20)21/h3-5,7-11H,1,6H2,2H3,(H,22,23). The number of allylic oxidation sites excluding steroid dienone is 1. The maximum atomic E-state index is 13.0. The van der Waals surface area contributed by atoms with Crippen LogP contribution in [0.2, 0.25) is 0 Å². The molecule has 0 heterocycles. The fourth-order valence-electron chi connectivity index (χ4n) is 2.27. The Kier molecular flexibility index (Phi) is 5.28. The van der Waals surface area contributed by atoms with Gasteiger partial charge in [-0.15, -0.1) is 6.58 Å². The van der Waals surface area contributed by atoms with Crippen LogP contribution in [0.1, 0.15) is 21.5 Å². The molecule has 0 bridgehead atoms. The first-order chi connectivity index (χ1) is 11.4. The van der Waals surface area contributed by atoms with Crippen LogP contribution in [-0.4, -0.2) is 13.0 Å². The monoisotopic (exact) mass is 335 g/mol. The molecular formula is C18H16F3NO2. The van der Waals surface area contributed by atoms with Crippen LogP contribution in [0, 0.1) is 0 Å². The van der Waals surface area contributed by atoms with E-state index in [1.807, 2.05) is 0 Å². The van der Waals surface area contributed by atoms with E-state index in [2.05, 4.69) is 11.9 Å². The quantitative estimate of drug-likeness (QED) is 0.805. The summed E-state index contributed by atoms with van der Waals surface area (Å²) >= 11 is 0. The summed E-state index contributed by atoms with van der Waals surface area (Å²) in [6.45, 7) is 3.63. The first-order valence-corrected chi connectivity index (χ1v) is 7.12. The Hall–Kier alpha value is -2.76. The van der Waals surface area contributed by atoms with Crippen molar-refractivity contribution in [3.63, 3.8) is 0 Å². The van der Waals surface area contributed by atoms with Crippen molar-refractivity contribution in [1.82, 2.24) is 0 Å². The number of ether oxygens (including phenoxy) is 1. The summed E-state index contributed by atoms with van der Waals surface area (Å²) in [5.74, 6) is -0.0400. The lowest BCUT2D eigenvalue weighted by Gasteiger charge is -2.14. The third-order valence-electron chi connectivity index (χ3n) is 3.39. The molecule has 0 fully saturated rings. The first-order valence-electron chi connectivity index (χ1n) is 7.12. The van der Waals surface area contributed by atoms with Gasteiger partial charge in [-0.1, -0.05) is 18.2 Å². The fraction of sp³-hybridized carbons (Fsp3) is 0.167. The second-order valence-corrected chi connectivity index (χ2v) is 5.02. The lowest BCUT2D eigenvalue weighted by molar-refractivity contribution is -0.136. The number of nitrogens with one attached hydrogen (secondary N) is 1. The van der Waals surface area contributed by atoms with Crippen LogP contribution in [0.3, 0.4) is 0 Å². The summed E-state index contributed by atoms with van der Waals surface area (Å²) in [4.78, 5) is 12.3. The van der Waals surface area contributed by atoms with Crippen molar-refractivity contribution in [2.45, 2.75) is 12.6 Å². The number of hydrogen-bond donors (Lipinski definition) is 1. The SMILES string of the molecule is C=CCc1cc(C(=O)Nc2ccccc2C(F)(F)F)ccc1OC. The van der Waals surface area contributed by atoms with Crippen LogP contribution in [0.25, 0.3) is 0 Å². The van der Waals surface area contributed by atoms with Gasteiger partial charge in [0.2, 0.25) is 0 Å². The molecule has 1 amide bonds. The van der Waals surface area contributed by atoms with E-state index in [4.69, 9.17) is 4.74 Å². The average Bonchev–Trinajstić information content (AvgIpc) is 2.54. The van der Waals surface area contributed by atoms with Gasteiger partial charge in [0.1, 0.15) is 5.75 Å². The highest BCUT2D eigenvalue weighted by Gasteiger charge is 2.33. The van der Waals surface area contributed by atoms with Gasteiger partial charge in [0.15, 0.2) is 0 Å². The number of benzene rings is 2. The predicted octanol–water partition coefficient (Wildman–Crippen LogP) is 4.69. The van der Waals surface area contributed by atoms with Crippen molar-refractivity contribution in [2.75, 3.05) is 12.4 Å². The molecule has 126 valence electrons. The second-order valence-electron chi connectivity index (χ2n) is 5.02. The Bertz CT molecular complexity index is 754. The smallest absolute Gasteiger partial charge is 0.418 e. The summed E-state index contributed by atoms with van der Waals surface area (Å²) in [6, 6.07) is 9.52. The molecule has 0 saturated heterocycles. The highest BCUT2D eigenvalue weighted by atomic mass is 19.4. The Labute approximate surface area is 137 Å². The number of carbonyl (C=O) groups excluding carboxylic acids is 1. The Morgan fingerprint density at radius 3 is 2.58 bits per heavy atom. The molecule has 2 aromatic rings. The number of anilines is 1. The second kappa shape index (κ2) is 7.21. The van der Waals surface area contributed by atoms with Gasteiger partial charge in [-0.05, 0) is 42.3 Å². The molecule has 0 aliphatic rings. The summed E-state index contributed by atoms with van der Waals surface area (Å²) in [6.07, 6.45) is -2.42. The van der Waals surface area contributed by atoms with E-state index in [1.165, 1.54) is 31.4 Å². The maximum Gasteiger partial charge on any atom is 0.418 e. The third kappa shape index (κ3) is 3.95. The van der Waals surface area contributed by atoms with E-state index in [0.717, 1.165) is 11.6 Å². The topological polar surface area (TPSA) is 38.3 Å². The lowest BCUT2D eigenvalue weighted by Crippen LogP contribution is -2.16. The molecule has 0 radical (unpaired) electrons. The molecule has 0 aliphatic carbocycles. The van der Waals surface area contributed by atoms with E-state index in [-0.39, 0.29) is 11.3 Å². The van der Waals surface area contributed by atoms with Gasteiger partial charge in [-0.25, -0.2) is 0 Å². The minimum absolute atomic E-state index is 0.240. The van der Waals surface area contributed by atoms with Crippen LogP contribution in [0.15, 0.2) is 55.1 Å². The van der Waals surface area contributed by atoms with Crippen LogP contribution >= 0.6 is 0 Å². The maximum absolute atomic E-state index is 13.0. The molecule has 0 spiro atoms. The van der Waals surface area contributed by atoms with Gasteiger partial charge in [-0.3, -0.25) is 4.79 Å². The van der Waals surface area contributed by atoms with E-state index in [9.17, 15) is 18.0 Å². The number of amides is 1. The summed E-state index contributed by atoms with van der Waals surface area (Å²) < 4.78 is 44.1. The molecule has 0 aliphatic heterocycles. The molecule has 6 heteroatoms. The Balaban J connectivity index is 2.31. The first kappa shape index (κ1) is 17.6. The number of hydrogen-bond acceptors (Lipinski definition) is 2. The predicted molar refractivity (Wildman–Crippen MR) is 86.3 cm³/mol. The van der Waals surface area contributed by atoms with Crippen molar-refractivity contribution in [2.24, 2.45) is 0 Å². The van der Waals surface area contributed by atoms with E-state index < -0.39 is 17.6 Å². The molecule has 1 N–H and O–H groups in total. The Morgan fingerprint density at radius 2 is 1.96 bits per heavy atom. The molecule has 24 heavy (non-hydrogen) atoms. The number of rotatable bonds is 5. The molecule has 0 unspecified atom stereocenters. The number of alkyl halides is 3. The zero-order chi connectivity index (χ0) is 17.7. The van der Waals surface area contributed by atoms with Crippen molar-refractivity contribution in [3.05, 3.63) is 71.8 Å².